The molecule has 0 aromatic heterocycles. The summed E-state index contributed by atoms with van der Waals surface area (Å²) in [7, 11) is 0. The van der Waals surface area contributed by atoms with E-state index >= 15 is 0 Å². The molecule has 174 valence electrons. The van der Waals surface area contributed by atoms with Gasteiger partial charge in [-0.2, -0.15) is 0 Å². The minimum absolute atomic E-state index is 0.0157. The van der Waals surface area contributed by atoms with E-state index in [1.54, 1.807) is 6.08 Å². The van der Waals surface area contributed by atoms with Crippen molar-refractivity contribution >= 4 is 17.8 Å². The summed E-state index contributed by atoms with van der Waals surface area (Å²) >= 11 is 0. The molecule has 1 aliphatic rings. The van der Waals surface area contributed by atoms with Crippen LogP contribution in [0.5, 0.6) is 0 Å². The summed E-state index contributed by atoms with van der Waals surface area (Å²) in [6, 6.07) is 0. The molecule has 0 spiro atoms. The number of ether oxygens (including phenoxy) is 1. The maximum atomic E-state index is 12.2. The van der Waals surface area contributed by atoms with Crippen LogP contribution in [0.1, 0.15) is 72.6 Å². The van der Waals surface area contributed by atoms with Gasteiger partial charge in [0.15, 0.2) is 5.78 Å². The van der Waals surface area contributed by atoms with Gasteiger partial charge in [-0.05, 0) is 43.6 Å². The predicted octanol–water partition coefficient (Wildman–Crippen LogP) is 4.88. The lowest BCUT2D eigenvalue weighted by atomic mass is 9.80. The van der Waals surface area contributed by atoms with E-state index in [0.717, 1.165) is 32.1 Å². The Morgan fingerprint density at radius 2 is 2.00 bits per heavy atom. The van der Waals surface area contributed by atoms with Gasteiger partial charge in [-0.3, -0.25) is 14.9 Å². The molecular formula is C25H39NO5. The van der Waals surface area contributed by atoms with Crippen LogP contribution in [-0.4, -0.2) is 35.6 Å². The Bertz CT molecular complexity index is 677. The van der Waals surface area contributed by atoms with Crippen molar-refractivity contribution in [3.63, 3.8) is 0 Å². The van der Waals surface area contributed by atoms with Crippen molar-refractivity contribution in [2.75, 3.05) is 6.61 Å². The largest absolute Gasteiger partial charge is 0.449 e. The number of carbonyl (C=O) groups is 3. The van der Waals surface area contributed by atoms with Gasteiger partial charge < -0.3 is 9.84 Å². The maximum absolute atomic E-state index is 12.2. The third-order valence-corrected chi connectivity index (χ3v) is 5.64. The highest BCUT2D eigenvalue weighted by atomic mass is 16.5. The molecule has 0 radical (unpaired) electrons. The maximum Gasteiger partial charge on any atom is 0.413 e. The van der Waals surface area contributed by atoms with Crippen LogP contribution in [0.4, 0.5) is 4.79 Å². The fraction of sp³-hybridized carbons (Fsp3) is 0.640. The summed E-state index contributed by atoms with van der Waals surface area (Å²) in [5.41, 5.74) is -0.176. The molecule has 0 aliphatic heterocycles. The molecule has 0 unspecified atom stereocenters. The molecule has 0 fully saturated rings. The second kappa shape index (κ2) is 14.0. The van der Waals surface area contributed by atoms with E-state index in [9.17, 15) is 19.5 Å². The fourth-order valence-corrected chi connectivity index (χ4v) is 3.47. The summed E-state index contributed by atoms with van der Waals surface area (Å²) in [6.07, 6.45) is 16.4. The summed E-state index contributed by atoms with van der Waals surface area (Å²) < 4.78 is 4.88. The van der Waals surface area contributed by atoms with Crippen LogP contribution in [0.25, 0.3) is 0 Å². The third-order valence-electron chi connectivity index (χ3n) is 5.64. The quantitative estimate of drug-likeness (QED) is 0.319. The Hall–Kier alpha value is -2.21. The number of hydrogen-bond acceptors (Lipinski definition) is 5. The lowest BCUT2D eigenvalue weighted by molar-refractivity contribution is -0.119. The number of aliphatic hydroxyl groups is 1. The molecule has 31 heavy (non-hydrogen) atoms. The second-order valence-corrected chi connectivity index (χ2v) is 8.89. The lowest BCUT2D eigenvalue weighted by Gasteiger charge is -2.28. The molecule has 6 nitrogen and oxygen atoms in total. The minimum atomic E-state index is -0.715. The SMILES string of the molecule is CCCCC(C)(C)[C@H](O)C=C[C@H]1C=CC(=O)[C@@H]1CC=CCCCCOC(=O)NC(C)=O. The zero-order valence-corrected chi connectivity index (χ0v) is 19.4. The zero-order chi connectivity index (χ0) is 23.3. The van der Waals surface area contributed by atoms with Crippen LogP contribution in [0.3, 0.4) is 0 Å². The van der Waals surface area contributed by atoms with Gasteiger partial charge in [0.05, 0.1) is 12.7 Å². The summed E-state index contributed by atoms with van der Waals surface area (Å²) in [5, 5.41) is 12.6. The van der Waals surface area contributed by atoms with E-state index in [-0.39, 0.29) is 29.6 Å². The molecule has 0 bridgehead atoms. The number of rotatable bonds is 13. The Labute approximate surface area is 186 Å². The first-order chi connectivity index (χ1) is 14.7. The highest BCUT2D eigenvalue weighted by Crippen LogP contribution is 2.31. The number of alkyl carbamates (subject to hydrolysis) is 1. The highest BCUT2D eigenvalue weighted by molar-refractivity contribution is 5.95. The first-order valence-corrected chi connectivity index (χ1v) is 11.3. The number of nitrogens with one attached hydrogen (secondary N) is 1. The highest BCUT2D eigenvalue weighted by Gasteiger charge is 2.29. The van der Waals surface area contributed by atoms with Crippen molar-refractivity contribution in [3.8, 4) is 0 Å². The van der Waals surface area contributed by atoms with Crippen molar-refractivity contribution in [2.45, 2.75) is 78.7 Å². The Balaban J connectivity index is 2.37. The molecule has 0 saturated heterocycles. The minimum Gasteiger partial charge on any atom is -0.449 e. The molecule has 2 N–H and O–H groups in total. The zero-order valence-electron chi connectivity index (χ0n) is 19.4. The van der Waals surface area contributed by atoms with E-state index in [2.05, 4.69) is 26.1 Å². The number of unbranched alkanes of at least 4 members (excludes halogenated alkanes) is 3. The third kappa shape index (κ3) is 10.6. The summed E-state index contributed by atoms with van der Waals surface area (Å²) in [6.45, 7) is 7.83. The van der Waals surface area contributed by atoms with Crippen molar-refractivity contribution in [2.24, 2.45) is 17.3 Å². The molecule has 1 aliphatic carbocycles. The van der Waals surface area contributed by atoms with Crippen molar-refractivity contribution in [1.29, 1.82) is 0 Å². The van der Waals surface area contributed by atoms with E-state index in [0.29, 0.717) is 12.8 Å². The van der Waals surface area contributed by atoms with Gasteiger partial charge in [0.1, 0.15) is 0 Å². The Morgan fingerprint density at radius 3 is 2.68 bits per heavy atom. The van der Waals surface area contributed by atoms with Crippen molar-refractivity contribution in [1.82, 2.24) is 5.32 Å². The van der Waals surface area contributed by atoms with Crippen LogP contribution >= 0.6 is 0 Å². The van der Waals surface area contributed by atoms with Gasteiger partial charge in [-0.15, -0.1) is 0 Å². The molecular weight excluding hydrogens is 394 g/mol. The number of imide groups is 1. The van der Waals surface area contributed by atoms with Crippen LogP contribution in [0.2, 0.25) is 0 Å². The molecule has 1 rings (SSSR count). The van der Waals surface area contributed by atoms with Crippen LogP contribution in [-0.2, 0) is 14.3 Å². The standard InChI is InChI=1S/C25H39NO5/c1-5-6-17-25(3,4)23(29)16-14-20-13-15-22(28)21(20)12-10-8-7-9-11-18-31-24(30)26-19(2)27/h8,10,13-16,20-21,23,29H,5-7,9,11-12,17-18H2,1-4H3,(H,26,27,30)/t20-,21-,23-/m1/s1. The molecule has 3 atom stereocenters. The van der Waals surface area contributed by atoms with E-state index < -0.39 is 18.1 Å². The number of ketones is 1. The average Bonchev–Trinajstić information content (AvgIpc) is 3.05. The van der Waals surface area contributed by atoms with Crippen molar-refractivity contribution < 1.29 is 24.2 Å². The number of amides is 2. The molecule has 2 amide bonds. The number of aliphatic hydroxyl groups excluding tert-OH is 1. The summed E-state index contributed by atoms with van der Waals surface area (Å²) in [4.78, 5) is 34.1. The molecule has 6 heteroatoms. The summed E-state index contributed by atoms with van der Waals surface area (Å²) in [5.74, 6) is -0.408. The van der Waals surface area contributed by atoms with Crippen LogP contribution in [0, 0.1) is 17.3 Å². The normalized spacial score (nSPS) is 20.0. The number of carbonyl (C=O) groups excluding carboxylic acids is 3. The van der Waals surface area contributed by atoms with Crippen molar-refractivity contribution in [3.05, 3.63) is 36.5 Å². The van der Waals surface area contributed by atoms with Gasteiger partial charge in [-0.1, -0.05) is 64.0 Å². The lowest BCUT2D eigenvalue weighted by Crippen LogP contribution is -2.28. The molecule has 0 saturated carbocycles. The molecule has 0 heterocycles. The number of allylic oxidation sites excluding steroid dienone is 5. The van der Waals surface area contributed by atoms with Gasteiger partial charge in [0.25, 0.3) is 0 Å². The smallest absolute Gasteiger partial charge is 0.413 e. The fourth-order valence-electron chi connectivity index (χ4n) is 3.47. The Kier molecular flexibility index (Phi) is 12.1. The first-order valence-electron chi connectivity index (χ1n) is 11.3. The molecule has 0 aromatic carbocycles. The second-order valence-electron chi connectivity index (χ2n) is 8.89. The van der Waals surface area contributed by atoms with E-state index in [1.807, 2.05) is 30.4 Å². The van der Waals surface area contributed by atoms with Gasteiger partial charge in [0.2, 0.25) is 5.91 Å². The predicted molar refractivity (Wildman–Crippen MR) is 122 cm³/mol. The van der Waals surface area contributed by atoms with Gasteiger partial charge in [0, 0.05) is 18.8 Å². The monoisotopic (exact) mass is 433 g/mol. The van der Waals surface area contributed by atoms with Crippen LogP contribution in [0.15, 0.2) is 36.5 Å². The first kappa shape index (κ1) is 26.8. The van der Waals surface area contributed by atoms with Gasteiger partial charge in [-0.25, -0.2) is 4.79 Å². The van der Waals surface area contributed by atoms with E-state index in [4.69, 9.17) is 4.74 Å². The average molecular weight is 434 g/mol. The van der Waals surface area contributed by atoms with Gasteiger partial charge >= 0.3 is 6.09 Å². The van der Waals surface area contributed by atoms with Crippen LogP contribution < -0.4 is 5.32 Å². The molecule has 0 aromatic rings. The topological polar surface area (TPSA) is 92.7 Å². The van der Waals surface area contributed by atoms with E-state index in [1.165, 1.54) is 6.92 Å². The Morgan fingerprint density at radius 1 is 1.26 bits per heavy atom. The number of hydrogen-bond donors (Lipinski definition) is 2.